The minimum atomic E-state index is -1.56. The number of aliphatic hydroxyl groups is 1. The second-order valence-electron chi connectivity index (χ2n) is 7.60. The first kappa shape index (κ1) is 27.4. The van der Waals surface area contributed by atoms with E-state index in [1.165, 1.54) is 10.7 Å². The molecule has 1 heterocycles. The summed E-state index contributed by atoms with van der Waals surface area (Å²) < 4.78 is 20.9. The highest BCUT2D eigenvalue weighted by molar-refractivity contribution is 5.92. The van der Waals surface area contributed by atoms with Gasteiger partial charge in [-0.15, -0.1) is 0 Å². The highest BCUT2D eigenvalue weighted by Crippen LogP contribution is 2.12. The largest absolute Gasteiger partial charge is 0.474 e. The summed E-state index contributed by atoms with van der Waals surface area (Å²) in [6, 6.07) is 1.44. The van der Waals surface area contributed by atoms with Gasteiger partial charge in [-0.2, -0.15) is 5.10 Å². The van der Waals surface area contributed by atoms with Crippen LogP contribution in [0.25, 0.3) is 0 Å². The zero-order valence-electron chi connectivity index (χ0n) is 19.1. The number of hydrogen-bond donors (Lipinski definition) is 3. The van der Waals surface area contributed by atoms with Crippen molar-refractivity contribution in [1.82, 2.24) is 20.4 Å². The lowest BCUT2D eigenvalue weighted by atomic mass is 10.2. The van der Waals surface area contributed by atoms with Gasteiger partial charge in [0.1, 0.15) is 18.8 Å². The highest BCUT2D eigenvalue weighted by Gasteiger charge is 2.20. The number of nitrogens with one attached hydrogen (secondary N) is 2. The molecule has 184 valence electrons. The third-order valence-corrected chi connectivity index (χ3v) is 3.59. The number of aryl methyl sites for hydroxylation is 1. The molecule has 1 aromatic rings. The van der Waals surface area contributed by atoms with E-state index in [-0.39, 0.29) is 25.3 Å². The number of aliphatic hydroxyl groups excluding tert-OH is 1. The van der Waals surface area contributed by atoms with Gasteiger partial charge in [-0.3, -0.25) is 9.59 Å². The van der Waals surface area contributed by atoms with Gasteiger partial charge in [0, 0.05) is 26.1 Å². The third-order valence-electron chi connectivity index (χ3n) is 3.59. The standard InChI is InChI=1S/C20H30N4O9/c1-6-9-30-15-10-13(23-24(15)5)17(27)21-8-7-14(25)18(28)32-12-31-16(26)11-22-19(29)33-20(2,3)4/h6,10,14,25H,1,7-9,11-12H2,2-5H3,(H,21,27)(H,22,29). The van der Waals surface area contributed by atoms with Crippen LogP contribution in [-0.4, -0.2) is 77.0 Å². The van der Waals surface area contributed by atoms with Gasteiger partial charge in [0.05, 0.1) is 0 Å². The molecule has 0 bridgehead atoms. The molecule has 13 heteroatoms. The van der Waals surface area contributed by atoms with Crippen molar-refractivity contribution in [2.45, 2.75) is 38.9 Å². The van der Waals surface area contributed by atoms with Crippen LogP contribution in [0.15, 0.2) is 18.7 Å². The Bertz CT molecular complexity index is 845. The SMILES string of the molecule is C=CCOc1cc(C(=O)NCCC(O)C(=O)OCOC(=O)CNC(=O)OC(C)(C)C)nn1C. The predicted octanol–water partition coefficient (Wildman–Crippen LogP) is 0.0343. The molecule has 3 N–H and O–H groups in total. The molecule has 2 amide bonds. The monoisotopic (exact) mass is 470 g/mol. The zero-order chi connectivity index (χ0) is 25.0. The number of carbonyl (C=O) groups is 4. The second-order valence-corrected chi connectivity index (χ2v) is 7.60. The van der Waals surface area contributed by atoms with Gasteiger partial charge in [0.25, 0.3) is 5.91 Å². The Balaban J connectivity index is 2.26. The molecule has 1 aromatic heterocycles. The summed E-state index contributed by atoms with van der Waals surface area (Å²) in [4.78, 5) is 46.8. The van der Waals surface area contributed by atoms with E-state index in [0.717, 1.165) is 0 Å². The van der Waals surface area contributed by atoms with Crippen molar-refractivity contribution in [2.24, 2.45) is 7.05 Å². The molecule has 0 aliphatic rings. The quantitative estimate of drug-likeness (QED) is 0.215. The first-order valence-electron chi connectivity index (χ1n) is 9.96. The van der Waals surface area contributed by atoms with Crippen molar-refractivity contribution in [3.63, 3.8) is 0 Å². The van der Waals surface area contributed by atoms with Crippen LogP contribution in [0.2, 0.25) is 0 Å². The summed E-state index contributed by atoms with van der Waals surface area (Å²) in [7, 11) is 1.61. The van der Waals surface area contributed by atoms with Crippen molar-refractivity contribution < 1.29 is 43.2 Å². The molecule has 1 atom stereocenters. The Labute approximate surface area is 191 Å². The normalized spacial score (nSPS) is 11.7. The lowest BCUT2D eigenvalue weighted by Gasteiger charge is -2.19. The molecule has 0 saturated heterocycles. The molecule has 0 fully saturated rings. The van der Waals surface area contributed by atoms with Crippen molar-refractivity contribution >= 4 is 23.9 Å². The van der Waals surface area contributed by atoms with Crippen LogP contribution in [0.5, 0.6) is 5.88 Å². The van der Waals surface area contributed by atoms with Crippen molar-refractivity contribution in [1.29, 1.82) is 0 Å². The van der Waals surface area contributed by atoms with Gasteiger partial charge in [-0.05, 0) is 20.8 Å². The molecular formula is C20H30N4O9. The number of nitrogens with zero attached hydrogens (tertiary/aromatic N) is 2. The Morgan fingerprint density at radius 2 is 1.94 bits per heavy atom. The van der Waals surface area contributed by atoms with Crippen molar-refractivity contribution in [3.05, 3.63) is 24.4 Å². The Morgan fingerprint density at radius 1 is 1.24 bits per heavy atom. The molecule has 0 aliphatic heterocycles. The molecule has 0 saturated carbocycles. The van der Waals surface area contributed by atoms with Crippen LogP contribution in [0.1, 0.15) is 37.7 Å². The maximum atomic E-state index is 12.1. The van der Waals surface area contributed by atoms with Crippen LogP contribution >= 0.6 is 0 Å². The molecule has 0 spiro atoms. The molecule has 1 unspecified atom stereocenters. The highest BCUT2D eigenvalue weighted by atomic mass is 16.7. The number of rotatable bonds is 12. The summed E-state index contributed by atoms with van der Waals surface area (Å²) in [6.45, 7) is 7.48. The molecule has 1 rings (SSSR count). The number of carbonyl (C=O) groups excluding carboxylic acids is 4. The fourth-order valence-corrected chi connectivity index (χ4v) is 2.13. The van der Waals surface area contributed by atoms with E-state index >= 15 is 0 Å². The van der Waals surface area contributed by atoms with Crippen molar-refractivity contribution in [2.75, 3.05) is 26.5 Å². The van der Waals surface area contributed by atoms with Crippen LogP contribution in [0.3, 0.4) is 0 Å². The average Bonchev–Trinajstić information content (AvgIpc) is 3.09. The molecule has 0 aromatic carbocycles. The fraction of sp³-hybridized carbons (Fsp3) is 0.550. The van der Waals surface area contributed by atoms with Gasteiger partial charge in [-0.25, -0.2) is 14.3 Å². The maximum Gasteiger partial charge on any atom is 0.408 e. The first-order valence-corrected chi connectivity index (χ1v) is 9.96. The van der Waals surface area contributed by atoms with E-state index in [1.54, 1.807) is 33.9 Å². The lowest BCUT2D eigenvalue weighted by Crippen LogP contribution is -2.36. The topological polar surface area (TPSA) is 167 Å². The van der Waals surface area contributed by atoms with E-state index in [9.17, 15) is 24.3 Å². The summed E-state index contributed by atoms with van der Waals surface area (Å²) in [5.74, 6) is -2.07. The first-order chi connectivity index (χ1) is 15.4. The van der Waals surface area contributed by atoms with Gasteiger partial charge < -0.3 is 34.7 Å². The number of hydrogen-bond acceptors (Lipinski definition) is 10. The summed E-state index contributed by atoms with van der Waals surface area (Å²) in [5.41, 5.74) is -0.625. The van der Waals surface area contributed by atoms with E-state index in [4.69, 9.17) is 9.47 Å². The summed E-state index contributed by atoms with van der Waals surface area (Å²) >= 11 is 0. The molecule has 33 heavy (non-hydrogen) atoms. The lowest BCUT2D eigenvalue weighted by molar-refractivity contribution is -0.173. The predicted molar refractivity (Wildman–Crippen MR) is 113 cm³/mol. The van der Waals surface area contributed by atoms with Gasteiger partial charge in [-0.1, -0.05) is 12.7 Å². The Morgan fingerprint density at radius 3 is 2.58 bits per heavy atom. The number of aromatic nitrogens is 2. The number of esters is 2. The maximum absolute atomic E-state index is 12.1. The van der Waals surface area contributed by atoms with Crippen LogP contribution in [-0.2, 0) is 30.8 Å². The Hall–Kier alpha value is -3.61. The van der Waals surface area contributed by atoms with Crippen molar-refractivity contribution in [3.8, 4) is 5.88 Å². The summed E-state index contributed by atoms with van der Waals surface area (Å²) in [5, 5.41) is 18.5. The van der Waals surface area contributed by atoms with E-state index in [0.29, 0.717) is 5.88 Å². The fourth-order valence-electron chi connectivity index (χ4n) is 2.13. The van der Waals surface area contributed by atoms with Gasteiger partial charge in [0.15, 0.2) is 11.8 Å². The minimum absolute atomic E-state index is 0.0475. The van der Waals surface area contributed by atoms with E-state index < -0.39 is 49.0 Å². The number of alkyl carbamates (subject to hydrolysis) is 1. The van der Waals surface area contributed by atoms with Crippen LogP contribution < -0.4 is 15.4 Å². The summed E-state index contributed by atoms with van der Waals surface area (Å²) in [6.07, 6.45) is -0.959. The van der Waals surface area contributed by atoms with Gasteiger partial charge in [0.2, 0.25) is 12.7 Å². The number of amides is 2. The Kier molecular flexibility index (Phi) is 10.8. The molecule has 0 radical (unpaired) electrons. The minimum Gasteiger partial charge on any atom is -0.474 e. The smallest absolute Gasteiger partial charge is 0.408 e. The zero-order valence-corrected chi connectivity index (χ0v) is 19.1. The van der Waals surface area contributed by atoms with Crippen LogP contribution in [0, 0.1) is 0 Å². The molecule has 13 nitrogen and oxygen atoms in total. The number of ether oxygens (including phenoxy) is 4. The third kappa shape index (κ3) is 11.0. The van der Waals surface area contributed by atoms with Gasteiger partial charge >= 0.3 is 18.0 Å². The second kappa shape index (κ2) is 13.1. The van der Waals surface area contributed by atoms with E-state index in [2.05, 4.69) is 31.8 Å². The van der Waals surface area contributed by atoms with E-state index in [1.807, 2.05) is 0 Å². The molecular weight excluding hydrogens is 440 g/mol. The molecule has 0 aliphatic carbocycles. The van der Waals surface area contributed by atoms with Crippen LogP contribution in [0.4, 0.5) is 4.79 Å². The average molecular weight is 470 g/mol.